The summed E-state index contributed by atoms with van der Waals surface area (Å²) in [6, 6.07) is 23.2. The summed E-state index contributed by atoms with van der Waals surface area (Å²) in [6.45, 7) is 0. The molecule has 3 aromatic carbocycles. The molecule has 0 spiro atoms. The number of nitrogens with one attached hydrogen (secondary N) is 2. The van der Waals surface area contributed by atoms with Crippen LogP contribution in [0.1, 0.15) is 15.9 Å². The lowest BCUT2D eigenvalue weighted by atomic mass is 10.2. The number of methoxy groups -OCH3 is 1. The van der Waals surface area contributed by atoms with Gasteiger partial charge in [0.15, 0.2) is 10.9 Å². The van der Waals surface area contributed by atoms with E-state index >= 15 is 0 Å². The lowest BCUT2D eigenvalue weighted by Crippen LogP contribution is -2.35. The van der Waals surface area contributed by atoms with E-state index in [1.165, 1.54) is 19.2 Å². The molecule has 158 valence electrons. The van der Waals surface area contributed by atoms with Gasteiger partial charge in [-0.3, -0.25) is 0 Å². The normalized spacial score (nSPS) is 11.5. The van der Waals surface area contributed by atoms with Crippen molar-refractivity contribution < 1.29 is 17.9 Å². The first-order chi connectivity index (χ1) is 14.9. The summed E-state index contributed by atoms with van der Waals surface area (Å²) in [7, 11) is -2.67. The van der Waals surface area contributed by atoms with Gasteiger partial charge >= 0.3 is 5.97 Å². The van der Waals surface area contributed by atoms with Crippen molar-refractivity contribution in [1.82, 2.24) is 5.32 Å². The molecule has 0 amide bonds. The summed E-state index contributed by atoms with van der Waals surface area (Å²) < 4.78 is 34.2. The van der Waals surface area contributed by atoms with Gasteiger partial charge in [0.25, 0.3) is 10.0 Å². The predicted octanol–water partition coefficient (Wildman–Crippen LogP) is 3.60. The average Bonchev–Trinajstić information content (AvgIpc) is 2.79. The van der Waals surface area contributed by atoms with E-state index in [4.69, 9.17) is 17.0 Å². The first-order valence-electron chi connectivity index (χ1n) is 9.11. The van der Waals surface area contributed by atoms with Gasteiger partial charge in [0.2, 0.25) is 0 Å². The molecule has 0 atom stereocenters. The van der Waals surface area contributed by atoms with E-state index < -0.39 is 16.0 Å². The van der Waals surface area contributed by atoms with Crippen LogP contribution in [0.3, 0.4) is 0 Å². The number of esters is 1. The van der Waals surface area contributed by atoms with Crippen LogP contribution < -0.4 is 10.6 Å². The van der Waals surface area contributed by atoms with Crippen LogP contribution in [0.25, 0.3) is 0 Å². The van der Waals surface area contributed by atoms with Crippen LogP contribution in [0.15, 0.2) is 94.2 Å². The van der Waals surface area contributed by atoms with Crippen LogP contribution in [0.5, 0.6) is 0 Å². The zero-order chi connectivity index (χ0) is 22.3. The monoisotopic (exact) mass is 453 g/mol. The Morgan fingerprint density at radius 3 is 2.16 bits per heavy atom. The summed E-state index contributed by atoms with van der Waals surface area (Å²) >= 11 is 5.34. The smallest absolute Gasteiger partial charge is 0.337 e. The molecule has 0 saturated carbocycles. The van der Waals surface area contributed by atoms with E-state index in [0.717, 1.165) is 0 Å². The average molecular weight is 454 g/mol. The zero-order valence-corrected chi connectivity index (χ0v) is 18.1. The van der Waals surface area contributed by atoms with Crippen molar-refractivity contribution in [3.05, 3.63) is 96.1 Å². The number of carbonyl (C=O) groups is 1. The molecule has 0 saturated heterocycles. The summed E-state index contributed by atoms with van der Waals surface area (Å²) in [5.74, 6) is -0.422. The largest absolute Gasteiger partial charge is 0.465 e. The Hall–Kier alpha value is -3.56. The number of hydrogen-bond donors (Lipinski definition) is 2. The van der Waals surface area contributed by atoms with E-state index in [-0.39, 0.29) is 15.8 Å². The first kappa shape index (κ1) is 22.1. The molecule has 0 bridgehead atoms. The van der Waals surface area contributed by atoms with Gasteiger partial charge in [-0.25, -0.2) is 4.79 Å². The summed E-state index contributed by atoms with van der Waals surface area (Å²) in [4.78, 5) is 11.8. The maximum Gasteiger partial charge on any atom is 0.337 e. The Bertz CT molecular complexity index is 1210. The number of sulfonamides is 1. The third-order valence-corrected chi connectivity index (χ3v) is 5.57. The minimum absolute atomic E-state index is 0.0612. The predicted molar refractivity (Wildman–Crippen MR) is 124 cm³/mol. The molecule has 2 N–H and O–H groups in total. The van der Waals surface area contributed by atoms with E-state index in [0.29, 0.717) is 16.8 Å². The number of benzene rings is 3. The fourth-order valence-corrected chi connectivity index (χ4v) is 3.83. The number of anilines is 1. The topological polar surface area (TPSA) is 96.9 Å². The molecule has 9 heteroatoms. The Kier molecular flexibility index (Phi) is 7.11. The van der Waals surface area contributed by atoms with Crippen LogP contribution >= 0.6 is 12.2 Å². The number of carbonyl (C=O) groups excluding carboxylic acids is 1. The molecule has 0 aliphatic carbocycles. The molecule has 31 heavy (non-hydrogen) atoms. The molecular formula is C22H19N3O4S2. The highest BCUT2D eigenvalue weighted by atomic mass is 32.2. The maximum absolute atomic E-state index is 12.8. The van der Waals surface area contributed by atoms with E-state index in [1.54, 1.807) is 66.7 Å². The second kappa shape index (κ2) is 9.96. The fourth-order valence-electron chi connectivity index (χ4n) is 2.62. The van der Waals surface area contributed by atoms with Crippen molar-refractivity contribution in [2.45, 2.75) is 4.90 Å². The molecule has 3 rings (SSSR count). The quantitative estimate of drug-likeness (QED) is 0.264. The number of rotatable bonds is 5. The summed E-state index contributed by atoms with van der Waals surface area (Å²) in [5.41, 5.74) is 1.41. The van der Waals surface area contributed by atoms with Gasteiger partial charge in [0.1, 0.15) is 0 Å². The SMILES string of the molecule is COC(=O)c1cccc(NC(=S)N/C(=N/S(=O)(=O)c2ccccc2)c2ccccc2)c1. The van der Waals surface area contributed by atoms with E-state index in [1.807, 2.05) is 6.07 Å². The Labute approximate surface area is 185 Å². The second-order valence-electron chi connectivity index (χ2n) is 6.25. The summed E-state index contributed by atoms with van der Waals surface area (Å²) in [6.07, 6.45) is 0. The van der Waals surface area contributed by atoms with Crippen molar-refractivity contribution in [3.8, 4) is 0 Å². The van der Waals surface area contributed by atoms with Crippen LogP contribution in [-0.2, 0) is 14.8 Å². The molecule has 0 aliphatic rings. The number of nitrogens with zero attached hydrogens (tertiary/aromatic N) is 1. The number of hydrogen-bond acceptors (Lipinski definition) is 5. The Morgan fingerprint density at radius 2 is 1.52 bits per heavy atom. The van der Waals surface area contributed by atoms with E-state index in [9.17, 15) is 13.2 Å². The highest BCUT2D eigenvalue weighted by Crippen LogP contribution is 2.14. The van der Waals surface area contributed by atoms with Gasteiger partial charge in [-0.15, -0.1) is 4.40 Å². The molecule has 0 aliphatic heterocycles. The molecule has 0 unspecified atom stereocenters. The lowest BCUT2D eigenvalue weighted by molar-refractivity contribution is 0.0601. The molecule has 0 heterocycles. The highest BCUT2D eigenvalue weighted by molar-refractivity contribution is 7.90. The Balaban J connectivity index is 1.88. The van der Waals surface area contributed by atoms with E-state index in [2.05, 4.69) is 15.0 Å². The molecule has 7 nitrogen and oxygen atoms in total. The van der Waals surface area contributed by atoms with Crippen LogP contribution in [0.4, 0.5) is 5.69 Å². The van der Waals surface area contributed by atoms with Gasteiger partial charge in [0, 0.05) is 11.3 Å². The molecular weight excluding hydrogens is 434 g/mol. The van der Waals surface area contributed by atoms with Crippen molar-refractivity contribution >= 4 is 44.8 Å². The van der Waals surface area contributed by atoms with Crippen LogP contribution in [0.2, 0.25) is 0 Å². The van der Waals surface area contributed by atoms with Crippen LogP contribution in [0, 0.1) is 0 Å². The zero-order valence-electron chi connectivity index (χ0n) is 16.5. The third kappa shape index (κ3) is 5.97. The van der Waals surface area contributed by atoms with Crippen molar-refractivity contribution in [2.24, 2.45) is 4.40 Å². The van der Waals surface area contributed by atoms with Crippen molar-refractivity contribution in [2.75, 3.05) is 12.4 Å². The van der Waals surface area contributed by atoms with Gasteiger partial charge in [-0.1, -0.05) is 54.6 Å². The minimum atomic E-state index is -3.97. The maximum atomic E-state index is 12.8. The second-order valence-corrected chi connectivity index (χ2v) is 8.26. The van der Waals surface area contributed by atoms with Crippen LogP contribution in [-0.4, -0.2) is 32.4 Å². The standard InChI is InChI=1S/C22H19N3O4S2/c1-29-21(26)17-11-8-12-18(15-17)23-22(30)24-20(16-9-4-2-5-10-16)25-31(27,28)19-13-6-3-7-14-19/h2-15H,1H3,(H2,23,24,25,30). The molecule has 3 aromatic rings. The van der Waals surface area contributed by atoms with Gasteiger partial charge in [0.05, 0.1) is 17.6 Å². The van der Waals surface area contributed by atoms with Gasteiger partial charge in [-0.2, -0.15) is 8.42 Å². The number of ether oxygens (including phenoxy) is 1. The first-order valence-corrected chi connectivity index (χ1v) is 11.0. The number of amidine groups is 1. The summed E-state index contributed by atoms with van der Waals surface area (Å²) in [5, 5.41) is 5.87. The van der Waals surface area contributed by atoms with Crippen molar-refractivity contribution in [3.63, 3.8) is 0 Å². The Morgan fingerprint density at radius 1 is 0.903 bits per heavy atom. The molecule has 0 aromatic heterocycles. The number of thiocarbonyl (C=S) groups is 1. The molecule has 0 fully saturated rings. The fraction of sp³-hybridized carbons (Fsp3) is 0.0455. The van der Waals surface area contributed by atoms with Gasteiger partial charge < -0.3 is 15.4 Å². The minimum Gasteiger partial charge on any atom is -0.465 e. The highest BCUT2D eigenvalue weighted by Gasteiger charge is 2.16. The van der Waals surface area contributed by atoms with Gasteiger partial charge in [-0.05, 0) is 42.5 Å². The van der Waals surface area contributed by atoms with Crippen molar-refractivity contribution in [1.29, 1.82) is 0 Å². The lowest BCUT2D eigenvalue weighted by Gasteiger charge is -2.13. The third-order valence-electron chi connectivity index (χ3n) is 4.07. The molecule has 0 radical (unpaired) electrons.